The van der Waals surface area contributed by atoms with Gasteiger partial charge in [-0.3, -0.25) is 4.79 Å². The Morgan fingerprint density at radius 1 is 1.32 bits per heavy atom. The van der Waals surface area contributed by atoms with E-state index in [9.17, 15) is 18.0 Å². The first kappa shape index (κ1) is 13.9. The first-order chi connectivity index (χ1) is 8.95. The predicted molar refractivity (Wildman–Crippen MR) is 65.6 cm³/mol. The van der Waals surface area contributed by atoms with E-state index in [0.29, 0.717) is 12.6 Å². The number of carbonyl (C=O) groups excluding carboxylic acids is 1. The molecule has 0 spiro atoms. The molecule has 0 atom stereocenters. The van der Waals surface area contributed by atoms with Gasteiger partial charge in [-0.05, 0) is 30.5 Å². The van der Waals surface area contributed by atoms with Crippen LogP contribution in [-0.4, -0.2) is 18.1 Å². The van der Waals surface area contributed by atoms with E-state index in [-0.39, 0.29) is 5.69 Å². The summed E-state index contributed by atoms with van der Waals surface area (Å²) in [6, 6.07) is 6.94. The summed E-state index contributed by atoms with van der Waals surface area (Å²) in [5.41, 5.74) is 1.02. The van der Waals surface area contributed by atoms with Crippen molar-refractivity contribution in [3.05, 3.63) is 29.8 Å². The highest BCUT2D eigenvalue weighted by molar-refractivity contribution is 5.94. The SMILES string of the molecule is O=C(Nc1cccc(CNC2CCC2)c1)C(F)(F)F. The van der Waals surface area contributed by atoms with Gasteiger partial charge in [-0.15, -0.1) is 0 Å². The Hall–Kier alpha value is -1.56. The highest BCUT2D eigenvalue weighted by Crippen LogP contribution is 2.20. The molecule has 0 aromatic heterocycles. The molecule has 1 saturated carbocycles. The van der Waals surface area contributed by atoms with E-state index < -0.39 is 12.1 Å². The molecule has 2 N–H and O–H groups in total. The van der Waals surface area contributed by atoms with Crippen molar-refractivity contribution in [1.82, 2.24) is 5.32 Å². The van der Waals surface area contributed by atoms with E-state index in [2.05, 4.69) is 5.32 Å². The molecule has 6 heteroatoms. The van der Waals surface area contributed by atoms with Crippen molar-refractivity contribution < 1.29 is 18.0 Å². The fraction of sp³-hybridized carbons (Fsp3) is 0.462. The zero-order valence-electron chi connectivity index (χ0n) is 10.3. The molecule has 0 aliphatic heterocycles. The van der Waals surface area contributed by atoms with E-state index in [1.54, 1.807) is 12.1 Å². The van der Waals surface area contributed by atoms with Crippen molar-refractivity contribution in [3.63, 3.8) is 0 Å². The quantitative estimate of drug-likeness (QED) is 0.885. The molecule has 0 bridgehead atoms. The summed E-state index contributed by atoms with van der Waals surface area (Å²) in [5.74, 6) is -1.95. The Balaban J connectivity index is 1.92. The number of anilines is 1. The largest absolute Gasteiger partial charge is 0.471 e. The van der Waals surface area contributed by atoms with Gasteiger partial charge in [0.15, 0.2) is 0 Å². The normalized spacial score (nSPS) is 15.9. The molecule has 3 nitrogen and oxygen atoms in total. The Morgan fingerprint density at radius 3 is 2.63 bits per heavy atom. The predicted octanol–water partition coefficient (Wildman–Crippen LogP) is 2.83. The zero-order valence-corrected chi connectivity index (χ0v) is 10.3. The van der Waals surface area contributed by atoms with Gasteiger partial charge < -0.3 is 10.6 Å². The van der Waals surface area contributed by atoms with Crippen molar-refractivity contribution in [3.8, 4) is 0 Å². The van der Waals surface area contributed by atoms with Crippen LogP contribution < -0.4 is 10.6 Å². The summed E-state index contributed by atoms with van der Waals surface area (Å²) in [4.78, 5) is 10.8. The summed E-state index contributed by atoms with van der Waals surface area (Å²) in [6.07, 6.45) is -1.35. The van der Waals surface area contributed by atoms with Crippen LogP contribution in [0.15, 0.2) is 24.3 Å². The van der Waals surface area contributed by atoms with Crippen LogP contribution in [0.25, 0.3) is 0 Å². The molecule has 1 amide bonds. The van der Waals surface area contributed by atoms with Crippen LogP contribution in [0.2, 0.25) is 0 Å². The molecule has 1 fully saturated rings. The van der Waals surface area contributed by atoms with E-state index >= 15 is 0 Å². The van der Waals surface area contributed by atoms with Gasteiger partial charge in [0, 0.05) is 18.3 Å². The minimum atomic E-state index is -4.86. The second kappa shape index (κ2) is 5.61. The van der Waals surface area contributed by atoms with Crippen LogP contribution in [0.1, 0.15) is 24.8 Å². The number of hydrogen-bond donors (Lipinski definition) is 2. The van der Waals surface area contributed by atoms with Gasteiger partial charge in [0.2, 0.25) is 0 Å². The molecule has 2 rings (SSSR count). The van der Waals surface area contributed by atoms with Gasteiger partial charge in [0.05, 0.1) is 0 Å². The molecular weight excluding hydrogens is 257 g/mol. The minimum absolute atomic E-state index is 0.162. The Labute approximate surface area is 109 Å². The average Bonchev–Trinajstić information content (AvgIpc) is 2.26. The summed E-state index contributed by atoms with van der Waals surface area (Å²) < 4.78 is 36.4. The maximum absolute atomic E-state index is 12.1. The van der Waals surface area contributed by atoms with E-state index in [1.807, 2.05) is 11.4 Å². The standard InChI is InChI=1S/C13H15F3N2O/c14-13(15,16)12(19)18-11-6-1-3-9(7-11)8-17-10-4-2-5-10/h1,3,6-7,10,17H,2,4-5,8H2,(H,18,19). The highest BCUT2D eigenvalue weighted by Gasteiger charge is 2.38. The molecule has 0 heterocycles. The van der Waals surface area contributed by atoms with Crippen molar-refractivity contribution >= 4 is 11.6 Å². The first-order valence-electron chi connectivity index (χ1n) is 6.15. The van der Waals surface area contributed by atoms with Crippen molar-refractivity contribution in [2.24, 2.45) is 0 Å². The molecule has 1 aliphatic carbocycles. The van der Waals surface area contributed by atoms with Crippen LogP contribution in [0.3, 0.4) is 0 Å². The topological polar surface area (TPSA) is 41.1 Å². The lowest BCUT2D eigenvalue weighted by molar-refractivity contribution is -0.167. The van der Waals surface area contributed by atoms with Gasteiger partial charge in [0.1, 0.15) is 0 Å². The fourth-order valence-corrected chi connectivity index (χ4v) is 1.84. The first-order valence-corrected chi connectivity index (χ1v) is 6.15. The third kappa shape index (κ3) is 3.96. The van der Waals surface area contributed by atoms with Crippen LogP contribution >= 0.6 is 0 Å². The second-order valence-electron chi connectivity index (χ2n) is 4.66. The van der Waals surface area contributed by atoms with Gasteiger partial charge >= 0.3 is 12.1 Å². The van der Waals surface area contributed by atoms with E-state index in [0.717, 1.165) is 18.4 Å². The van der Waals surface area contributed by atoms with Crippen LogP contribution in [0, 0.1) is 0 Å². The Kier molecular flexibility index (Phi) is 4.09. The third-order valence-electron chi connectivity index (χ3n) is 3.14. The number of rotatable bonds is 4. The molecule has 104 valence electrons. The molecule has 1 aromatic carbocycles. The molecule has 0 saturated heterocycles. The van der Waals surface area contributed by atoms with E-state index in [1.165, 1.54) is 12.5 Å². The molecule has 0 unspecified atom stereocenters. The number of nitrogens with one attached hydrogen (secondary N) is 2. The second-order valence-corrected chi connectivity index (χ2v) is 4.66. The van der Waals surface area contributed by atoms with Crippen LogP contribution in [0.4, 0.5) is 18.9 Å². The van der Waals surface area contributed by atoms with Gasteiger partial charge in [-0.2, -0.15) is 13.2 Å². The summed E-state index contributed by atoms with van der Waals surface area (Å²) in [5, 5.41) is 5.16. The highest BCUT2D eigenvalue weighted by atomic mass is 19.4. The lowest BCUT2D eigenvalue weighted by Crippen LogP contribution is -2.34. The molecule has 1 aliphatic rings. The van der Waals surface area contributed by atoms with Crippen LogP contribution in [0.5, 0.6) is 0 Å². The smallest absolute Gasteiger partial charge is 0.318 e. The molecular formula is C13H15F3N2O. The summed E-state index contributed by atoms with van der Waals surface area (Å²) >= 11 is 0. The van der Waals surface area contributed by atoms with Crippen molar-refractivity contribution in [2.75, 3.05) is 5.32 Å². The number of amides is 1. The van der Waals surface area contributed by atoms with Crippen LogP contribution in [-0.2, 0) is 11.3 Å². The number of benzene rings is 1. The van der Waals surface area contributed by atoms with Gasteiger partial charge in [-0.1, -0.05) is 18.6 Å². The summed E-state index contributed by atoms with van der Waals surface area (Å²) in [6.45, 7) is 0.598. The van der Waals surface area contributed by atoms with Crippen molar-refractivity contribution in [1.29, 1.82) is 0 Å². The number of halogens is 3. The molecule has 0 radical (unpaired) electrons. The van der Waals surface area contributed by atoms with Gasteiger partial charge in [0.25, 0.3) is 0 Å². The van der Waals surface area contributed by atoms with Crippen molar-refractivity contribution in [2.45, 2.75) is 38.0 Å². The van der Waals surface area contributed by atoms with Gasteiger partial charge in [-0.25, -0.2) is 0 Å². The number of alkyl halides is 3. The lowest BCUT2D eigenvalue weighted by atomic mass is 9.93. The lowest BCUT2D eigenvalue weighted by Gasteiger charge is -2.26. The monoisotopic (exact) mass is 272 g/mol. The Bertz CT molecular complexity index is 455. The average molecular weight is 272 g/mol. The minimum Gasteiger partial charge on any atom is -0.318 e. The maximum atomic E-state index is 12.1. The number of hydrogen-bond acceptors (Lipinski definition) is 2. The fourth-order valence-electron chi connectivity index (χ4n) is 1.84. The molecule has 1 aromatic rings. The summed E-state index contributed by atoms with van der Waals surface area (Å²) in [7, 11) is 0. The number of carbonyl (C=O) groups is 1. The zero-order chi connectivity index (χ0) is 13.9. The Morgan fingerprint density at radius 2 is 2.05 bits per heavy atom. The van der Waals surface area contributed by atoms with E-state index in [4.69, 9.17) is 0 Å². The maximum Gasteiger partial charge on any atom is 0.471 e. The molecule has 19 heavy (non-hydrogen) atoms. The third-order valence-corrected chi connectivity index (χ3v) is 3.14.